The number of carbonyl (C=O) groups is 1. The van der Waals surface area contributed by atoms with Crippen LogP contribution in [0.5, 0.6) is 11.5 Å². The summed E-state index contributed by atoms with van der Waals surface area (Å²) in [4.78, 5) is 18.7. The van der Waals surface area contributed by atoms with Crippen molar-refractivity contribution in [3.8, 4) is 11.5 Å². The molecule has 32 heavy (non-hydrogen) atoms. The largest absolute Gasteiger partial charge is 0.573 e. The second kappa shape index (κ2) is 9.25. The zero-order valence-electron chi connectivity index (χ0n) is 16.0. The van der Waals surface area contributed by atoms with Gasteiger partial charge in [-0.05, 0) is 53.4 Å². The van der Waals surface area contributed by atoms with Gasteiger partial charge in [-0.25, -0.2) is 0 Å². The number of hydrogen-bond acceptors (Lipinski definition) is 5. The molecule has 0 radical (unpaired) electrons. The Hall–Kier alpha value is -3.63. The smallest absolute Gasteiger partial charge is 0.402 e. The molecule has 1 aromatic carbocycles. The van der Waals surface area contributed by atoms with Gasteiger partial charge in [0.25, 0.3) is 0 Å². The van der Waals surface area contributed by atoms with E-state index >= 15 is 0 Å². The molecule has 0 spiro atoms. The molecule has 0 saturated heterocycles. The highest BCUT2D eigenvalue weighted by atomic mass is 19.4. The summed E-state index contributed by atoms with van der Waals surface area (Å²) in [7, 11) is 0. The normalized spacial score (nSPS) is 12.8. The zero-order chi connectivity index (χ0) is 23.4. The fraction of sp³-hybridized carbons (Fsp3) is 0.190. The summed E-state index contributed by atoms with van der Waals surface area (Å²) >= 11 is 0. The van der Waals surface area contributed by atoms with Gasteiger partial charge in [0.1, 0.15) is 5.69 Å². The van der Waals surface area contributed by atoms with Crippen molar-refractivity contribution in [3.05, 3.63) is 83.4 Å². The molecule has 11 heteroatoms. The van der Waals surface area contributed by atoms with Gasteiger partial charge in [-0.15, -0.1) is 26.3 Å². The van der Waals surface area contributed by atoms with E-state index in [1.54, 1.807) is 18.2 Å². The lowest BCUT2D eigenvalue weighted by molar-refractivity contribution is -0.287. The van der Waals surface area contributed by atoms with Gasteiger partial charge in [0, 0.05) is 24.5 Å². The number of carbonyl (C=O) groups excluding carboxylic acids is 1. The minimum Gasteiger partial charge on any atom is -0.402 e. The first kappa shape index (κ1) is 23.0. The van der Waals surface area contributed by atoms with Gasteiger partial charge in [-0.1, -0.05) is 12.1 Å². The van der Waals surface area contributed by atoms with E-state index in [2.05, 4.69) is 19.4 Å². The molecule has 0 N–H and O–H groups in total. The first-order valence-corrected chi connectivity index (χ1v) is 8.99. The van der Waals surface area contributed by atoms with Crippen molar-refractivity contribution >= 4 is 6.29 Å². The van der Waals surface area contributed by atoms with Crippen LogP contribution in [0.15, 0.2) is 61.1 Å². The molecule has 0 amide bonds. The molecule has 168 valence electrons. The molecule has 0 aliphatic heterocycles. The quantitative estimate of drug-likeness (QED) is 0.349. The van der Waals surface area contributed by atoms with E-state index in [0.29, 0.717) is 11.8 Å². The predicted octanol–water partition coefficient (Wildman–Crippen LogP) is 5.46. The number of benzene rings is 1. The summed E-state index contributed by atoms with van der Waals surface area (Å²) in [5.41, 5.74) is 1.65. The fourth-order valence-electron chi connectivity index (χ4n) is 3.03. The van der Waals surface area contributed by atoms with Crippen molar-refractivity contribution < 1.29 is 40.6 Å². The van der Waals surface area contributed by atoms with Crippen molar-refractivity contribution in [3.63, 3.8) is 0 Å². The Morgan fingerprint density at radius 1 is 0.844 bits per heavy atom. The predicted molar refractivity (Wildman–Crippen MR) is 99.2 cm³/mol. The third-order valence-electron chi connectivity index (χ3n) is 4.34. The minimum absolute atomic E-state index is 0.145. The molecule has 5 nitrogen and oxygen atoms in total. The van der Waals surface area contributed by atoms with Gasteiger partial charge in [-0.3, -0.25) is 14.8 Å². The van der Waals surface area contributed by atoms with Crippen LogP contribution >= 0.6 is 0 Å². The third-order valence-corrected chi connectivity index (χ3v) is 4.34. The molecule has 1 unspecified atom stereocenters. The second-order valence-electron chi connectivity index (χ2n) is 6.55. The van der Waals surface area contributed by atoms with Crippen molar-refractivity contribution in [1.29, 1.82) is 0 Å². The van der Waals surface area contributed by atoms with Crippen molar-refractivity contribution in [2.45, 2.75) is 25.1 Å². The van der Waals surface area contributed by atoms with E-state index < -0.39 is 30.1 Å². The van der Waals surface area contributed by atoms with Gasteiger partial charge in [0.2, 0.25) is 0 Å². The Kier molecular flexibility index (Phi) is 6.66. The maximum Gasteiger partial charge on any atom is 0.573 e. The van der Waals surface area contributed by atoms with Crippen molar-refractivity contribution in [2.75, 3.05) is 0 Å². The SMILES string of the molecule is O=Cc1ccc(C(Cc2ccncc2)c2ccc(OC(F)(F)F)c(OC(F)(F)F)c2)cn1. The van der Waals surface area contributed by atoms with E-state index in [9.17, 15) is 31.1 Å². The van der Waals surface area contributed by atoms with Gasteiger partial charge in [0.15, 0.2) is 17.8 Å². The Bertz CT molecular complexity index is 1050. The Morgan fingerprint density at radius 2 is 1.47 bits per heavy atom. The molecule has 0 bridgehead atoms. The van der Waals surface area contributed by atoms with E-state index in [0.717, 1.165) is 17.7 Å². The highest BCUT2D eigenvalue weighted by Gasteiger charge is 2.37. The number of nitrogens with zero attached hydrogens (tertiary/aromatic N) is 2. The maximum absolute atomic E-state index is 12.8. The number of aromatic nitrogens is 2. The van der Waals surface area contributed by atoms with Gasteiger partial charge >= 0.3 is 12.7 Å². The summed E-state index contributed by atoms with van der Waals surface area (Å²) in [6.07, 6.45) is -5.24. The summed E-state index contributed by atoms with van der Waals surface area (Å²) in [5.74, 6) is -2.89. The molecule has 0 aliphatic carbocycles. The van der Waals surface area contributed by atoms with Crippen molar-refractivity contribution in [2.24, 2.45) is 0 Å². The molecule has 3 aromatic rings. The van der Waals surface area contributed by atoms with Crippen LogP contribution in [0.1, 0.15) is 33.1 Å². The van der Waals surface area contributed by atoms with Crippen LogP contribution in [0, 0.1) is 0 Å². The lowest BCUT2D eigenvalue weighted by Crippen LogP contribution is -2.21. The van der Waals surface area contributed by atoms with Gasteiger partial charge < -0.3 is 9.47 Å². The Morgan fingerprint density at radius 3 is 2.03 bits per heavy atom. The molecule has 2 heterocycles. The number of ether oxygens (including phenoxy) is 2. The van der Waals surface area contributed by atoms with E-state index in [1.807, 2.05) is 0 Å². The average Bonchev–Trinajstić information content (AvgIpc) is 2.72. The maximum atomic E-state index is 12.8. The van der Waals surface area contributed by atoms with Crippen LogP contribution in [0.4, 0.5) is 26.3 Å². The summed E-state index contributed by atoms with van der Waals surface area (Å²) < 4.78 is 83.9. The van der Waals surface area contributed by atoms with E-state index in [1.165, 1.54) is 30.7 Å². The lowest BCUT2D eigenvalue weighted by atomic mass is 9.86. The van der Waals surface area contributed by atoms with E-state index in [4.69, 9.17) is 0 Å². The number of aldehydes is 1. The molecular formula is C21H14F6N2O3. The Labute approximate surface area is 177 Å². The number of alkyl halides is 6. The summed E-state index contributed by atoms with van der Waals surface area (Å²) in [6.45, 7) is 0. The minimum atomic E-state index is -5.24. The topological polar surface area (TPSA) is 61.3 Å². The molecule has 2 aromatic heterocycles. The third kappa shape index (κ3) is 6.43. The van der Waals surface area contributed by atoms with Crippen LogP contribution in [0.3, 0.4) is 0 Å². The first-order valence-electron chi connectivity index (χ1n) is 8.99. The highest BCUT2D eigenvalue weighted by Crippen LogP contribution is 2.39. The molecule has 0 saturated carbocycles. The number of pyridine rings is 2. The summed E-state index contributed by atoms with van der Waals surface area (Å²) in [5, 5.41) is 0. The molecule has 3 rings (SSSR count). The van der Waals surface area contributed by atoms with Gasteiger partial charge in [-0.2, -0.15) is 0 Å². The molecular weight excluding hydrogens is 442 g/mol. The van der Waals surface area contributed by atoms with E-state index in [-0.39, 0.29) is 17.7 Å². The van der Waals surface area contributed by atoms with Gasteiger partial charge in [0.05, 0.1) is 0 Å². The molecule has 0 fully saturated rings. The fourth-order valence-corrected chi connectivity index (χ4v) is 3.03. The van der Waals surface area contributed by atoms with Crippen LogP contribution in [0.25, 0.3) is 0 Å². The first-order chi connectivity index (χ1) is 15.0. The van der Waals surface area contributed by atoms with Crippen LogP contribution < -0.4 is 9.47 Å². The monoisotopic (exact) mass is 456 g/mol. The van der Waals surface area contributed by atoms with Crippen LogP contribution in [0.2, 0.25) is 0 Å². The lowest BCUT2D eigenvalue weighted by Gasteiger charge is -2.21. The summed E-state index contributed by atoms with van der Waals surface area (Å²) in [6, 6.07) is 9.18. The second-order valence-corrected chi connectivity index (χ2v) is 6.55. The van der Waals surface area contributed by atoms with Crippen LogP contribution in [-0.2, 0) is 6.42 Å². The molecule has 0 aliphatic rings. The van der Waals surface area contributed by atoms with Crippen molar-refractivity contribution in [1.82, 2.24) is 9.97 Å². The standard InChI is InChI=1S/C21H14F6N2O3/c22-20(23,24)31-18-4-2-14(10-19(18)32-21(25,26)27)17(9-13-5-7-28-8-6-13)15-1-3-16(12-30)29-11-15/h1-8,10-12,17H,9H2. The number of halogens is 6. The number of rotatable bonds is 7. The van der Waals surface area contributed by atoms with Crippen LogP contribution in [-0.4, -0.2) is 29.0 Å². The highest BCUT2D eigenvalue weighted by molar-refractivity contribution is 5.71. The zero-order valence-corrected chi connectivity index (χ0v) is 16.0. The number of hydrogen-bond donors (Lipinski definition) is 0. The Balaban J connectivity index is 2.07. The molecule has 1 atom stereocenters. The average molecular weight is 456 g/mol.